The van der Waals surface area contributed by atoms with Gasteiger partial charge in [-0.05, 0) is 105 Å². The van der Waals surface area contributed by atoms with Crippen molar-refractivity contribution in [1.29, 1.82) is 0 Å². The van der Waals surface area contributed by atoms with Crippen molar-refractivity contribution < 1.29 is 14.3 Å². The van der Waals surface area contributed by atoms with Gasteiger partial charge >= 0.3 is 5.97 Å². The average Bonchev–Trinajstić information content (AvgIpc) is 3.10. The molecule has 7 unspecified atom stereocenters. The van der Waals surface area contributed by atoms with Gasteiger partial charge in [-0.2, -0.15) is 0 Å². The number of esters is 1. The van der Waals surface area contributed by atoms with Crippen molar-refractivity contribution in [1.82, 2.24) is 0 Å². The second-order valence-electron chi connectivity index (χ2n) is 11.3. The van der Waals surface area contributed by atoms with E-state index in [9.17, 15) is 9.59 Å². The van der Waals surface area contributed by atoms with Gasteiger partial charge in [-0.1, -0.05) is 38.5 Å². The van der Waals surface area contributed by atoms with Crippen LogP contribution in [0.2, 0.25) is 0 Å². The van der Waals surface area contributed by atoms with Crippen LogP contribution in [0.25, 0.3) is 0 Å². The van der Waals surface area contributed by atoms with Crippen LogP contribution in [-0.2, 0) is 14.3 Å². The molecule has 0 aromatic heterocycles. The van der Waals surface area contributed by atoms with Crippen molar-refractivity contribution in [3.8, 4) is 0 Å². The molecule has 3 fully saturated rings. The topological polar surface area (TPSA) is 43.4 Å². The molecule has 4 aliphatic rings. The third-order valence-electron chi connectivity index (χ3n) is 9.90. The van der Waals surface area contributed by atoms with Gasteiger partial charge in [-0.25, -0.2) is 4.79 Å². The Morgan fingerprint density at radius 1 is 1.23 bits per heavy atom. The van der Waals surface area contributed by atoms with E-state index < -0.39 is 0 Å². The molecule has 0 bridgehead atoms. The fraction of sp³-hybridized carbons (Fsp3) is 0.714. The molecule has 7 atom stereocenters. The summed E-state index contributed by atoms with van der Waals surface area (Å²) < 4.78 is 4.82. The minimum absolute atomic E-state index is 0.0953. The highest BCUT2D eigenvalue weighted by Crippen LogP contribution is 2.67. The van der Waals surface area contributed by atoms with Crippen molar-refractivity contribution in [3.05, 3.63) is 35.5 Å². The lowest BCUT2D eigenvalue weighted by molar-refractivity contribution is -0.136. The monoisotopic (exact) mass is 424 g/mol. The Labute approximate surface area is 188 Å². The van der Waals surface area contributed by atoms with Gasteiger partial charge in [-0.3, -0.25) is 4.79 Å². The molecule has 0 saturated heterocycles. The molecule has 4 rings (SSSR count). The molecule has 3 heteroatoms. The van der Waals surface area contributed by atoms with Gasteiger partial charge in [0.05, 0.1) is 7.11 Å². The number of methoxy groups -OCH3 is 1. The molecule has 0 N–H and O–H groups in total. The number of carbonyl (C=O) groups excluding carboxylic acids is 2. The Kier molecular flexibility index (Phi) is 6.09. The van der Waals surface area contributed by atoms with Gasteiger partial charge < -0.3 is 4.74 Å². The largest absolute Gasteiger partial charge is 0.466 e. The molecular formula is C28H40O3. The van der Waals surface area contributed by atoms with Crippen LogP contribution in [0.15, 0.2) is 35.5 Å². The van der Waals surface area contributed by atoms with Crippen molar-refractivity contribution in [2.75, 3.05) is 7.11 Å². The molecule has 31 heavy (non-hydrogen) atoms. The zero-order chi connectivity index (χ0) is 22.4. The second-order valence-corrected chi connectivity index (χ2v) is 11.3. The lowest BCUT2D eigenvalue weighted by atomic mass is 9.47. The summed E-state index contributed by atoms with van der Waals surface area (Å²) >= 11 is 0. The minimum Gasteiger partial charge on any atom is -0.466 e. The van der Waals surface area contributed by atoms with Crippen molar-refractivity contribution in [2.45, 2.75) is 79.1 Å². The smallest absolute Gasteiger partial charge is 0.333 e. The first-order valence-corrected chi connectivity index (χ1v) is 12.4. The van der Waals surface area contributed by atoms with Gasteiger partial charge in [0.25, 0.3) is 0 Å². The summed E-state index contributed by atoms with van der Waals surface area (Å²) in [6.45, 7) is 9.27. The summed E-state index contributed by atoms with van der Waals surface area (Å²) in [7, 11) is 1.45. The molecule has 0 aromatic carbocycles. The highest BCUT2D eigenvalue weighted by molar-refractivity contribution is 6.01. The maximum atomic E-state index is 12.0. The first-order chi connectivity index (χ1) is 14.7. The van der Waals surface area contributed by atoms with Gasteiger partial charge in [-0.15, -0.1) is 0 Å². The first kappa shape index (κ1) is 22.6. The third-order valence-corrected chi connectivity index (χ3v) is 9.90. The lowest BCUT2D eigenvalue weighted by Crippen LogP contribution is -2.50. The molecule has 170 valence electrons. The van der Waals surface area contributed by atoms with Crippen molar-refractivity contribution >= 4 is 11.8 Å². The van der Waals surface area contributed by atoms with E-state index in [2.05, 4.69) is 32.9 Å². The molecule has 0 aliphatic heterocycles. The zero-order valence-electron chi connectivity index (χ0n) is 20.1. The molecule has 0 heterocycles. The molecular weight excluding hydrogens is 384 g/mol. The predicted octanol–water partition coefficient (Wildman–Crippen LogP) is 6.45. The number of rotatable bonds is 5. The van der Waals surface area contributed by atoms with E-state index in [0.29, 0.717) is 17.3 Å². The van der Waals surface area contributed by atoms with Crippen LogP contribution in [0.5, 0.6) is 0 Å². The van der Waals surface area contributed by atoms with E-state index in [1.165, 1.54) is 44.8 Å². The normalized spacial score (nSPS) is 40.5. The maximum Gasteiger partial charge on any atom is 0.333 e. The van der Waals surface area contributed by atoms with E-state index in [1.807, 2.05) is 19.1 Å². The van der Waals surface area contributed by atoms with Gasteiger partial charge in [0, 0.05) is 11.0 Å². The van der Waals surface area contributed by atoms with E-state index in [-0.39, 0.29) is 17.2 Å². The van der Waals surface area contributed by atoms with Crippen LogP contribution in [-0.4, -0.2) is 18.9 Å². The van der Waals surface area contributed by atoms with Crippen LogP contribution in [0.3, 0.4) is 0 Å². The Balaban J connectivity index is 1.46. The van der Waals surface area contributed by atoms with Gasteiger partial charge in [0.1, 0.15) is 0 Å². The molecule has 0 spiro atoms. The van der Waals surface area contributed by atoms with Crippen LogP contribution in [0.4, 0.5) is 0 Å². The van der Waals surface area contributed by atoms with E-state index >= 15 is 0 Å². The summed E-state index contributed by atoms with van der Waals surface area (Å²) in [6, 6.07) is 0. The molecule has 0 radical (unpaired) electrons. The number of allylic oxidation sites excluding steroid dienone is 5. The van der Waals surface area contributed by atoms with Crippen molar-refractivity contribution in [2.24, 2.45) is 40.4 Å². The van der Waals surface area contributed by atoms with Gasteiger partial charge in [0.15, 0.2) is 5.78 Å². The fourth-order valence-corrected chi connectivity index (χ4v) is 8.18. The number of hydrogen-bond donors (Lipinski definition) is 0. The van der Waals surface area contributed by atoms with Crippen LogP contribution >= 0.6 is 0 Å². The molecule has 4 aliphatic carbocycles. The lowest BCUT2D eigenvalue weighted by Gasteiger charge is -2.57. The van der Waals surface area contributed by atoms with Crippen molar-refractivity contribution in [3.63, 3.8) is 0 Å². The number of fused-ring (bicyclic) bond motifs is 5. The Bertz CT molecular complexity index is 833. The van der Waals surface area contributed by atoms with E-state index in [0.717, 1.165) is 42.6 Å². The number of hydrogen-bond acceptors (Lipinski definition) is 3. The van der Waals surface area contributed by atoms with Crippen LogP contribution in [0.1, 0.15) is 79.1 Å². The summed E-state index contributed by atoms with van der Waals surface area (Å²) in [4.78, 5) is 23.6. The van der Waals surface area contributed by atoms with Crippen LogP contribution in [0, 0.1) is 40.4 Å². The fourth-order valence-electron chi connectivity index (χ4n) is 8.18. The highest BCUT2D eigenvalue weighted by Gasteiger charge is 2.58. The number of ketones is 1. The molecule has 0 aromatic rings. The third kappa shape index (κ3) is 3.76. The van der Waals surface area contributed by atoms with E-state index in [4.69, 9.17) is 4.74 Å². The quantitative estimate of drug-likeness (QED) is 0.376. The minimum atomic E-state index is -0.212. The summed E-state index contributed by atoms with van der Waals surface area (Å²) in [6.07, 6.45) is 17.8. The zero-order valence-corrected chi connectivity index (χ0v) is 20.1. The average molecular weight is 425 g/mol. The summed E-state index contributed by atoms with van der Waals surface area (Å²) in [5.74, 6) is 3.71. The number of carbonyl (C=O) groups is 2. The maximum absolute atomic E-state index is 12.0. The molecule has 3 saturated carbocycles. The summed E-state index contributed by atoms with van der Waals surface area (Å²) in [5.41, 5.74) is 2.65. The Morgan fingerprint density at radius 3 is 2.74 bits per heavy atom. The Morgan fingerprint density at radius 2 is 2.00 bits per heavy atom. The summed E-state index contributed by atoms with van der Waals surface area (Å²) in [5, 5.41) is 0. The predicted molar refractivity (Wildman–Crippen MR) is 124 cm³/mol. The molecule has 0 amide bonds. The highest BCUT2D eigenvalue weighted by atomic mass is 16.5. The Hall–Kier alpha value is -1.64. The second kappa shape index (κ2) is 8.37. The first-order valence-electron chi connectivity index (χ1n) is 12.4. The standard InChI is InChI=1S/C28H40O3/c1-18(7-6-8-19(2)26(30)31-5)23-11-12-24-22-10-9-20-17-21(29)13-15-27(20,3)25(22)14-16-28(23,24)4/h8,13,15,17-18,22-25H,6-7,9-12,14,16H2,1-5H3. The number of ether oxygens (including phenoxy) is 1. The molecule has 3 nitrogen and oxygen atoms in total. The SMILES string of the molecule is COC(=O)C(C)=CCCC(C)C1CCC2C3CCC4=CC(=O)C=CC4(C)C3CCC12C. The van der Waals surface area contributed by atoms with E-state index in [1.54, 1.807) is 0 Å². The van der Waals surface area contributed by atoms with Gasteiger partial charge in [0.2, 0.25) is 0 Å². The van der Waals surface area contributed by atoms with Crippen LogP contribution < -0.4 is 0 Å².